The van der Waals surface area contributed by atoms with E-state index in [0.717, 1.165) is 34.6 Å². The van der Waals surface area contributed by atoms with Gasteiger partial charge in [-0.1, -0.05) is 11.6 Å². The van der Waals surface area contributed by atoms with Gasteiger partial charge in [0.25, 0.3) is 5.91 Å². The van der Waals surface area contributed by atoms with Crippen LogP contribution in [-0.2, 0) is 0 Å². The second-order valence-corrected chi connectivity index (χ2v) is 8.07. The molecular formula is C21H22ClN3O2S2. The van der Waals surface area contributed by atoms with Crippen LogP contribution >= 0.6 is 35.2 Å². The molecule has 2 aromatic carbocycles. The van der Waals surface area contributed by atoms with E-state index in [4.69, 9.17) is 28.6 Å². The monoisotopic (exact) mass is 447 g/mol. The fourth-order valence-corrected chi connectivity index (χ4v) is 4.64. The number of rotatable bonds is 6. The Hall–Kier alpha value is -2.35. The molecule has 0 saturated carbocycles. The van der Waals surface area contributed by atoms with Crippen molar-refractivity contribution >= 4 is 67.6 Å². The maximum absolute atomic E-state index is 12.7. The molecule has 5 nitrogen and oxygen atoms in total. The summed E-state index contributed by atoms with van der Waals surface area (Å²) in [5.74, 6) is 0.375. The van der Waals surface area contributed by atoms with Crippen LogP contribution in [0.4, 0.5) is 11.4 Å². The summed E-state index contributed by atoms with van der Waals surface area (Å²) in [6.07, 6.45) is 0. The Balaban J connectivity index is 1.68. The molecular weight excluding hydrogens is 426 g/mol. The normalized spacial score (nSPS) is 10.6. The lowest BCUT2D eigenvalue weighted by atomic mass is 10.2. The first kappa shape index (κ1) is 21.4. The number of methoxy groups -OCH3 is 1. The first-order valence-corrected chi connectivity index (χ1v) is 10.8. The van der Waals surface area contributed by atoms with Gasteiger partial charge in [-0.25, -0.2) is 0 Å². The molecule has 0 saturated heterocycles. The molecule has 1 aromatic heterocycles. The SMILES string of the molecule is CCN(CC)c1ccc(NC(=S)NC(=O)c2sc3cc(OC)ccc3c2Cl)cc1. The second-order valence-electron chi connectivity index (χ2n) is 6.23. The number of fused-ring (bicyclic) bond motifs is 1. The summed E-state index contributed by atoms with van der Waals surface area (Å²) in [5.41, 5.74) is 1.95. The Bertz CT molecular complexity index is 1030. The van der Waals surface area contributed by atoms with Crippen LogP contribution in [0.1, 0.15) is 23.5 Å². The van der Waals surface area contributed by atoms with E-state index < -0.39 is 0 Å². The molecule has 3 rings (SSSR count). The molecule has 2 N–H and O–H groups in total. The first-order valence-electron chi connectivity index (χ1n) is 9.20. The van der Waals surface area contributed by atoms with Gasteiger partial charge in [0, 0.05) is 34.6 Å². The molecule has 8 heteroatoms. The standard InChI is InChI=1S/C21H22ClN3O2S2/c1-4-25(5-2)14-8-6-13(7-9-14)23-21(28)24-20(26)19-18(22)16-11-10-15(27-3)12-17(16)29-19/h6-12H,4-5H2,1-3H3,(H2,23,24,26,28). The number of thiophene rings is 1. The molecule has 29 heavy (non-hydrogen) atoms. The fraction of sp³-hybridized carbons (Fsp3) is 0.238. The largest absolute Gasteiger partial charge is 0.497 e. The highest BCUT2D eigenvalue weighted by molar-refractivity contribution is 7.80. The van der Waals surface area contributed by atoms with Gasteiger partial charge in [-0.2, -0.15) is 0 Å². The number of hydrogen-bond acceptors (Lipinski definition) is 5. The van der Waals surface area contributed by atoms with Crippen molar-refractivity contribution in [3.05, 3.63) is 52.4 Å². The summed E-state index contributed by atoms with van der Waals surface area (Å²) in [4.78, 5) is 15.3. The number of carbonyl (C=O) groups excluding carboxylic acids is 1. The zero-order valence-electron chi connectivity index (χ0n) is 16.4. The summed E-state index contributed by atoms with van der Waals surface area (Å²) in [5, 5.41) is 7.19. The molecule has 0 bridgehead atoms. The minimum absolute atomic E-state index is 0.219. The van der Waals surface area contributed by atoms with E-state index in [1.54, 1.807) is 7.11 Å². The van der Waals surface area contributed by atoms with Crippen LogP contribution in [0.5, 0.6) is 5.75 Å². The Labute approximate surface area is 184 Å². The summed E-state index contributed by atoms with van der Waals surface area (Å²) in [6, 6.07) is 13.4. The van der Waals surface area contributed by atoms with Crippen molar-refractivity contribution in [3.8, 4) is 5.75 Å². The maximum atomic E-state index is 12.7. The number of nitrogens with zero attached hydrogens (tertiary/aromatic N) is 1. The Morgan fingerprint density at radius 3 is 2.48 bits per heavy atom. The molecule has 0 fully saturated rings. The number of halogens is 1. The number of ether oxygens (including phenoxy) is 1. The van der Waals surface area contributed by atoms with Crippen LogP contribution in [0.3, 0.4) is 0 Å². The maximum Gasteiger partial charge on any atom is 0.269 e. The van der Waals surface area contributed by atoms with Crippen LogP contribution in [0.2, 0.25) is 5.02 Å². The van der Waals surface area contributed by atoms with Gasteiger partial charge in [-0.3, -0.25) is 10.1 Å². The van der Waals surface area contributed by atoms with E-state index in [-0.39, 0.29) is 11.0 Å². The molecule has 0 atom stereocenters. The van der Waals surface area contributed by atoms with Gasteiger partial charge in [0.15, 0.2) is 5.11 Å². The Morgan fingerprint density at radius 1 is 1.17 bits per heavy atom. The number of hydrogen-bond donors (Lipinski definition) is 2. The third kappa shape index (κ3) is 4.80. The number of anilines is 2. The summed E-state index contributed by atoms with van der Waals surface area (Å²) in [7, 11) is 1.60. The minimum Gasteiger partial charge on any atom is -0.497 e. The number of amides is 1. The van der Waals surface area contributed by atoms with Gasteiger partial charge in [0.1, 0.15) is 10.6 Å². The van der Waals surface area contributed by atoms with Crippen LogP contribution in [0, 0.1) is 0 Å². The van der Waals surface area contributed by atoms with E-state index in [0.29, 0.717) is 15.6 Å². The van der Waals surface area contributed by atoms with Crippen LogP contribution < -0.4 is 20.3 Å². The van der Waals surface area contributed by atoms with E-state index in [1.165, 1.54) is 11.3 Å². The molecule has 0 aliphatic heterocycles. The van der Waals surface area contributed by atoms with E-state index >= 15 is 0 Å². The molecule has 0 aliphatic carbocycles. The number of benzene rings is 2. The molecule has 0 spiro atoms. The quantitative estimate of drug-likeness (QED) is 0.486. The lowest BCUT2D eigenvalue weighted by Gasteiger charge is -2.21. The van der Waals surface area contributed by atoms with Crippen molar-refractivity contribution in [2.45, 2.75) is 13.8 Å². The van der Waals surface area contributed by atoms with Crippen molar-refractivity contribution in [2.75, 3.05) is 30.4 Å². The molecule has 1 amide bonds. The summed E-state index contributed by atoms with van der Waals surface area (Å²) in [6.45, 7) is 6.13. The second kappa shape index (κ2) is 9.43. The number of thiocarbonyl (C=S) groups is 1. The van der Waals surface area contributed by atoms with Gasteiger partial charge in [-0.15, -0.1) is 11.3 Å². The van der Waals surface area contributed by atoms with E-state index in [1.807, 2.05) is 42.5 Å². The van der Waals surface area contributed by atoms with Gasteiger partial charge < -0.3 is 15.0 Å². The van der Waals surface area contributed by atoms with Crippen molar-refractivity contribution in [1.29, 1.82) is 0 Å². The zero-order valence-corrected chi connectivity index (χ0v) is 18.8. The highest BCUT2D eigenvalue weighted by Crippen LogP contribution is 2.37. The predicted octanol–water partition coefficient (Wildman–Crippen LogP) is 5.54. The summed E-state index contributed by atoms with van der Waals surface area (Å²) >= 11 is 13.0. The van der Waals surface area contributed by atoms with Crippen molar-refractivity contribution in [3.63, 3.8) is 0 Å². The van der Waals surface area contributed by atoms with Gasteiger partial charge in [0.2, 0.25) is 0 Å². The van der Waals surface area contributed by atoms with E-state index in [2.05, 4.69) is 29.4 Å². The molecule has 1 heterocycles. The van der Waals surface area contributed by atoms with Crippen LogP contribution in [-0.4, -0.2) is 31.2 Å². The highest BCUT2D eigenvalue weighted by Gasteiger charge is 2.18. The van der Waals surface area contributed by atoms with Gasteiger partial charge in [0.05, 0.1) is 12.1 Å². The van der Waals surface area contributed by atoms with Crippen molar-refractivity contribution in [2.24, 2.45) is 0 Å². The lowest BCUT2D eigenvalue weighted by Crippen LogP contribution is -2.33. The van der Waals surface area contributed by atoms with Crippen LogP contribution in [0.15, 0.2) is 42.5 Å². The average Bonchev–Trinajstić information content (AvgIpc) is 3.06. The number of nitrogens with one attached hydrogen (secondary N) is 2. The van der Waals surface area contributed by atoms with Gasteiger partial charge >= 0.3 is 0 Å². The topological polar surface area (TPSA) is 53.6 Å². The average molecular weight is 448 g/mol. The summed E-state index contributed by atoms with van der Waals surface area (Å²) < 4.78 is 6.11. The molecule has 0 unspecified atom stereocenters. The third-order valence-electron chi connectivity index (χ3n) is 4.52. The van der Waals surface area contributed by atoms with Crippen molar-refractivity contribution < 1.29 is 9.53 Å². The Kier molecular flexibility index (Phi) is 6.95. The Morgan fingerprint density at radius 2 is 1.86 bits per heavy atom. The smallest absolute Gasteiger partial charge is 0.269 e. The molecule has 3 aromatic rings. The minimum atomic E-state index is -0.340. The van der Waals surface area contributed by atoms with E-state index in [9.17, 15) is 4.79 Å². The van der Waals surface area contributed by atoms with Crippen LogP contribution in [0.25, 0.3) is 10.1 Å². The lowest BCUT2D eigenvalue weighted by molar-refractivity contribution is 0.0982. The van der Waals surface area contributed by atoms with Gasteiger partial charge in [-0.05, 0) is 68.5 Å². The highest BCUT2D eigenvalue weighted by atomic mass is 35.5. The molecule has 0 radical (unpaired) electrons. The molecule has 0 aliphatic rings. The first-order chi connectivity index (χ1) is 14.0. The molecule has 152 valence electrons. The third-order valence-corrected chi connectivity index (χ3v) is 6.38. The number of carbonyl (C=O) groups is 1. The predicted molar refractivity (Wildman–Crippen MR) is 127 cm³/mol. The zero-order chi connectivity index (χ0) is 21.0. The fourth-order valence-electron chi connectivity index (χ4n) is 2.99. The van der Waals surface area contributed by atoms with Crippen molar-refractivity contribution in [1.82, 2.24) is 5.32 Å².